The van der Waals surface area contributed by atoms with Gasteiger partial charge in [0.15, 0.2) is 5.82 Å². The standard InChI is InChI=1S/C14H16ClF3N6/c1-7(2)19-12-22-11(9-5-4-6-10(15)21-9)23-13(24-12)20-8(3)14(16,17)18/h4-8H,1-3H3,(H2,19,20,22,23,24)/t8-/m1/s1/i1D3,5D,6D,7D,8D/t7-,8-. The highest BCUT2D eigenvalue weighted by Gasteiger charge is 2.36. The molecule has 0 fully saturated rings. The Morgan fingerprint density at radius 3 is 2.46 bits per heavy atom. The number of anilines is 2. The highest BCUT2D eigenvalue weighted by atomic mass is 35.5. The molecule has 0 aliphatic rings. The first-order valence-corrected chi connectivity index (χ1v) is 6.75. The maximum atomic E-state index is 13.1. The number of rotatable bonds is 5. The van der Waals surface area contributed by atoms with Gasteiger partial charge in [-0.3, -0.25) is 0 Å². The zero-order valence-corrected chi connectivity index (χ0v) is 13.1. The molecule has 0 saturated heterocycles. The number of aromatic nitrogens is 4. The molecule has 0 amide bonds. The molecule has 0 aromatic carbocycles. The average molecular weight is 368 g/mol. The number of nitrogens with one attached hydrogen (secondary N) is 2. The molecule has 2 aromatic rings. The Morgan fingerprint density at radius 2 is 1.83 bits per heavy atom. The Kier molecular flexibility index (Phi) is 3.18. The highest BCUT2D eigenvalue weighted by molar-refractivity contribution is 6.29. The molecular formula is C14H16ClF3N6. The third kappa shape index (κ3) is 4.92. The molecule has 0 aliphatic heterocycles. The van der Waals surface area contributed by atoms with E-state index in [0.717, 1.165) is 13.0 Å². The number of pyridine rings is 1. The Hall–Kier alpha value is -2.16. The van der Waals surface area contributed by atoms with Gasteiger partial charge in [0.2, 0.25) is 11.9 Å². The van der Waals surface area contributed by atoms with Crippen LogP contribution in [-0.4, -0.2) is 38.1 Å². The van der Waals surface area contributed by atoms with Crippen molar-refractivity contribution in [3.8, 4) is 11.5 Å². The van der Waals surface area contributed by atoms with E-state index in [1.807, 2.05) is 0 Å². The summed E-state index contributed by atoms with van der Waals surface area (Å²) in [5.74, 6) is -1.91. The molecule has 10 heteroatoms. The van der Waals surface area contributed by atoms with Crippen LogP contribution in [0.5, 0.6) is 0 Å². The summed E-state index contributed by atoms with van der Waals surface area (Å²) in [6, 6.07) is -5.28. The molecule has 24 heavy (non-hydrogen) atoms. The Balaban J connectivity index is 2.64. The third-order valence-electron chi connectivity index (χ3n) is 2.48. The monoisotopic (exact) mass is 367 g/mol. The molecule has 0 bridgehead atoms. The number of nitrogens with zero attached hydrogens (tertiary/aromatic N) is 4. The normalized spacial score (nSPS) is 21.5. The zero-order chi connectivity index (χ0) is 24.0. The second-order valence-corrected chi connectivity index (χ2v) is 4.85. The van der Waals surface area contributed by atoms with Crippen molar-refractivity contribution in [3.05, 3.63) is 23.3 Å². The quantitative estimate of drug-likeness (QED) is 0.783. The van der Waals surface area contributed by atoms with Crippen LogP contribution in [0.2, 0.25) is 5.15 Å². The van der Waals surface area contributed by atoms with Gasteiger partial charge in [-0.15, -0.1) is 0 Å². The van der Waals surface area contributed by atoms with Crippen LogP contribution < -0.4 is 10.6 Å². The van der Waals surface area contributed by atoms with Crippen molar-refractivity contribution in [2.75, 3.05) is 10.6 Å². The molecule has 2 atom stereocenters. The van der Waals surface area contributed by atoms with Gasteiger partial charge >= 0.3 is 6.18 Å². The van der Waals surface area contributed by atoms with Crippen LogP contribution in [0.25, 0.3) is 11.5 Å². The zero-order valence-electron chi connectivity index (χ0n) is 19.4. The van der Waals surface area contributed by atoms with E-state index in [-0.39, 0.29) is 16.9 Å². The molecule has 0 spiro atoms. The summed E-state index contributed by atoms with van der Waals surface area (Å²) in [4.78, 5) is 15.0. The van der Waals surface area contributed by atoms with E-state index in [0.29, 0.717) is 6.92 Å². The van der Waals surface area contributed by atoms with Crippen LogP contribution in [0.3, 0.4) is 0 Å². The Labute approximate surface area is 151 Å². The fraction of sp³-hybridized carbons (Fsp3) is 0.429. The number of alkyl halides is 3. The lowest BCUT2D eigenvalue weighted by atomic mass is 10.3. The minimum absolute atomic E-state index is 0.293. The summed E-state index contributed by atoms with van der Waals surface area (Å²) >= 11 is 5.78. The van der Waals surface area contributed by atoms with Gasteiger partial charge in [-0.05, 0) is 32.8 Å². The van der Waals surface area contributed by atoms with Gasteiger partial charge in [-0.1, -0.05) is 17.7 Å². The molecule has 6 nitrogen and oxygen atoms in total. The van der Waals surface area contributed by atoms with E-state index in [2.05, 4.69) is 25.3 Å². The number of hydrogen-bond donors (Lipinski definition) is 2. The first-order valence-electron chi connectivity index (χ1n) is 9.87. The van der Waals surface area contributed by atoms with Gasteiger partial charge in [0.1, 0.15) is 16.9 Å². The van der Waals surface area contributed by atoms with Crippen molar-refractivity contribution in [1.82, 2.24) is 19.9 Å². The second kappa shape index (κ2) is 7.16. The van der Waals surface area contributed by atoms with Crippen LogP contribution >= 0.6 is 11.6 Å². The van der Waals surface area contributed by atoms with Gasteiger partial charge in [0, 0.05) is 10.1 Å². The fourth-order valence-electron chi connectivity index (χ4n) is 1.44. The summed E-state index contributed by atoms with van der Waals surface area (Å²) in [7, 11) is 0. The summed E-state index contributed by atoms with van der Waals surface area (Å²) in [6.07, 6.45) is -5.04. The minimum atomic E-state index is -5.04. The van der Waals surface area contributed by atoms with Crippen LogP contribution in [-0.2, 0) is 0 Å². The summed E-state index contributed by atoms with van der Waals surface area (Å²) in [5.41, 5.74) is -0.339. The maximum absolute atomic E-state index is 13.1. The topological polar surface area (TPSA) is 75.6 Å². The van der Waals surface area contributed by atoms with Gasteiger partial charge < -0.3 is 10.6 Å². The molecule has 2 aromatic heterocycles. The lowest BCUT2D eigenvalue weighted by Gasteiger charge is -2.18. The predicted molar refractivity (Wildman–Crippen MR) is 86.0 cm³/mol. The van der Waals surface area contributed by atoms with Crippen LogP contribution in [0.1, 0.15) is 30.3 Å². The van der Waals surface area contributed by atoms with Gasteiger partial charge in [0.25, 0.3) is 0 Å². The second-order valence-electron chi connectivity index (χ2n) is 4.49. The van der Waals surface area contributed by atoms with Crippen molar-refractivity contribution in [3.63, 3.8) is 0 Å². The van der Waals surface area contributed by atoms with Crippen molar-refractivity contribution >= 4 is 23.5 Å². The van der Waals surface area contributed by atoms with E-state index in [4.69, 9.17) is 21.2 Å². The number of hydrogen-bond acceptors (Lipinski definition) is 6. The van der Waals surface area contributed by atoms with Crippen molar-refractivity contribution in [2.45, 2.75) is 38.9 Å². The molecule has 2 heterocycles. The molecule has 2 N–H and O–H groups in total. The molecule has 0 unspecified atom stereocenters. The van der Waals surface area contributed by atoms with Crippen molar-refractivity contribution in [2.24, 2.45) is 0 Å². The smallest absolute Gasteiger partial charge is 0.352 e. The highest BCUT2D eigenvalue weighted by Crippen LogP contribution is 2.24. The molecule has 0 radical (unpaired) electrons. The first kappa shape index (κ1) is 10.7. The van der Waals surface area contributed by atoms with Gasteiger partial charge in [-0.25, -0.2) is 4.98 Å². The third-order valence-corrected chi connectivity index (χ3v) is 2.67. The Morgan fingerprint density at radius 1 is 1.17 bits per heavy atom. The average Bonchev–Trinajstić information content (AvgIpc) is 2.55. The maximum Gasteiger partial charge on any atom is 0.408 e. The summed E-state index contributed by atoms with van der Waals surface area (Å²) in [5, 5.41) is 3.59. The minimum Gasteiger partial charge on any atom is -0.352 e. The van der Waals surface area contributed by atoms with Crippen LogP contribution in [0.4, 0.5) is 25.1 Å². The summed E-state index contributed by atoms with van der Waals surface area (Å²) in [6.45, 7) is -1.40. The van der Waals surface area contributed by atoms with E-state index < -0.39 is 48.8 Å². The summed E-state index contributed by atoms with van der Waals surface area (Å²) < 4.78 is 92.4. The molecular weight excluding hydrogens is 345 g/mol. The number of halogens is 4. The molecule has 0 saturated carbocycles. The molecule has 2 rings (SSSR count). The molecule has 0 aliphatic carbocycles. The van der Waals surface area contributed by atoms with Gasteiger partial charge in [0.05, 0.1) is 5.48 Å². The van der Waals surface area contributed by atoms with E-state index in [9.17, 15) is 13.2 Å². The largest absolute Gasteiger partial charge is 0.408 e. The van der Waals surface area contributed by atoms with E-state index in [1.165, 1.54) is 0 Å². The van der Waals surface area contributed by atoms with Crippen LogP contribution in [0, 0.1) is 0 Å². The first-order chi connectivity index (χ1) is 13.8. The van der Waals surface area contributed by atoms with E-state index in [1.54, 1.807) is 5.32 Å². The molecule has 130 valence electrons. The Bertz CT molecular complexity index is 938. The lowest BCUT2D eigenvalue weighted by Crippen LogP contribution is -2.34. The predicted octanol–water partition coefficient (Wildman–Crippen LogP) is 3.77. The SMILES string of the molecule is [2H]c1cc([2H])c(-c2nc(N[C@]([2H])(C)C(F)(F)F)nc(N[C@@]([2H])(C)C([2H])([2H])[2H])n2)nc1Cl. The fourth-order valence-corrected chi connectivity index (χ4v) is 1.58. The van der Waals surface area contributed by atoms with Gasteiger partial charge in [-0.2, -0.15) is 28.1 Å². The van der Waals surface area contributed by atoms with Crippen molar-refractivity contribution < 1.29 is 22.8 Å². The lowest BCUT2D eigenvalue weighted by molar-refractivity contribution is -0.138. The van der Waals surface area contributed by atoms with E-state index >= 15 is 0 Å². The van der Waals surface area contributed by atoms with Crippen molar-refractivity contribution in [1.29, 1.82) is 0 Å². The van der Waals surface area contributed by atoms with Crippen LogP contribution in [0.15, 0.2) is 18.2 Å².